The first-order valence-corrected chi connectivity index (χ1v) is 8.70. The Kier molecular flexibility index (Phi) is 3.75. The molecular weight excluding hydrogens is 304 g/mol. The van der Waals surface area contributed by atoms with Crippen LogP contribution in [-0.2, 0) is 0 Å². The first-order valence-electron chi connectivity index (χ1n) is 8.70. The Morgan fingerprint density at radius 1 is 1.17 bits per heavy atom. The smallest absolute Gasteiger partial charge is 0.287 e. The number of aromatic nitrogens is 2. The summed E-state index contributed by atoms with van der Waals surface area (Å²) >= 11 is 0. The van der Waals surface area contributed by atoms with Crippen molar-refractivity contribution < 1.29 is 9.59 Å². The molecule has 1 aliphatic carbocycles. The largest absolute Gasteiger partial charge is 0.347 e. The molecule has 0 spiro atoms. The van der Waals surface area contributed by atoms with Crippen LogP contribution in [0.15, 0.2) is 24.4 Å². The van der Waals surface area contributed by atoms with E-state index in [-0.39, 0.29) is 17.9 Å². The predicted molar refractivity (Wildman–Crippen MR) is 90.0 cm³/mol. The lowest BCUT2D eigenvalue weighted by Gasteiger charge is -2.29. The number of likely N-dealkylation sites (tertiary alicyclic amines) is 1. The SMILES string of the molecule is CC1CCN(C(=O)c2nc(C(=O)NC3CC3)n3ccccc23)CC1. The van der Waals surface area contributed by atoms with E-state index in [1.165, 1.54) is 0 Å². The number of hydrogen-bond donors (Lipinski definition) is 1. The van der Waals surface area contributed by atoms with Gasteiger partial charge in [0.1, 0.15) is 0 Å². The second-order valence-electron chi connectivity index (χ2n) is 6.96. The molecule has 2 aliphatic rings. The monoisotopic (exact) mass is 326 g/mol. The molecule has 1 N–H and O–H groups in total. The molecule has 1 aliphatic heterocycles. The van der Waals surface area contributed by atoms with E-state index in [1.54, 1.807) is 10.6 Å². The van der Waals surface area contributed by atoms with Gasteiger partial charge in [-0.3, -0.25) is 14.0 Å². The molecule has 0 bridgehead atoms. The van der Waals surface area contributed by atoms with Gasteiger partial charge in [-0.25, -0.2) is 4.98 Å². The van der Waals surface area contributed by atoms with Gasteiger partial charge in [0.05, 0.1) is 5.52 Å². The van der Waals surface area contributed by atoms with Crippen LogP contribution < -0.4 is 5.32 Å². The number of carbonyl (C=O) groups is 2. The van der Waals surface area contributed by atoms with Crippen molar-refractivity contribution in [3.63, 3.8) is 0 Å². The third-order valence-electron chi connectivity index (χ3n) is 4.94. The zero-order valence-corrected chi connectivity index (χ0v) is 13.9. The molecule has 2 amide bonds. The second kappa shape index (κ2) is 5.92. The van der Waals surface area contributed by atoms with Crippen molar-refractivity contribution in [2.45, 2.75) is 38.6 Å². The Hall–Kier alpha value is -2.37. The van der Waals surface area contributed by atoms with Gasteiger partial charge in [-0.1, -0.05) is 13.0 Å². The topological polar surface area (TPSA) is 66.7 Å². The van der Waals surface area contributed by atoms with Gasteiger partial charge in [-0.15, -0.1) is 0 Å². The molecule has 2 aromatic rings. The van der Waals surface area contributed by atoms with Crippen LogP contribution in [0.2, 0.25) is 0 Å². The van der Waals surface area contributed by atoms with Crippen LogP contribution in [0.3, 0.4) is 0 Å². The fraction of sp³-hybridized carbons (Fsp3) is 0.500. The highest BCUT2D eigenvalue weighted by molar-refractivity contribution is 6.02. The van der Waals surface area contributed by atoms with E-state index in [0.717, 1.165) is 38.8 Å². The number of piperidine rings is 1. The summed E-state index contributed by atoms with van der Waals surface area (Å²) in [6.45, 7) is 3.74. The summed E-state index contributed by atoms with van der Waals surface area (Å²) in [7, 11) is 0. The van der Waals surface area contributed by atoms with Crippen molar-refractivity contribution in [3.8, 4) is 0 Å². The highest BCUT2D eigenvalue weighted by Gasteiger charge is 2.29. The number of nitrogens with one attached hydrogen (secondary N) is 1. The van der Waals surface area contributed by atoms with Crippen LogP contribution in [0.5, 0.6) is 0 Å². The minimum atomic E-state index is -0.204. The van der Waals surface area contributed by atoms with Crippen LogP contribution in [0.1, 0.15) is 53.7 Å². The lowest BCUT2D eigenvalue weighted by atomic mass is 9.99. The highest BCUT2D eigenvalue weighted by atomic mass is 16.2. The van der Waals surface area contributed by atoms with Crippen LogP contribution >= 0.6 is 0 Å². The molecule has 0 unspecified atom stereocenters. The molecule has 4 rings (SSSR count). The van der Waals surface area contributed by atoms with Gasteiger partial charge in [0.15, 0.2) is 5.69 Å². The first-order chi connectivity index (χ1) is 11.6. The van der Waals surface area contributed by atoms with Gasteiger partial charge in [-0.05, 0) is 43.7 Å². The zero-order chi connectivity index (χ0) is 16.7. The van der Waals surface area contributed by atoms with Gasteiger partial charge in [0, 0.05) is 25.3 Å². The molecule has 2 fully saturated rings. The number of amides is 2. The lowest BCUT2D eigenvalue weighted by molar-refractivity contribution is 0.0694. The fourth-order valence-electron chi connectivity index (χ4n) is 3.19. The van der Waals surface area contributed by atoms with Gasteiger partial charge in [0.2, 0.25) is 5.82 Å². The summed E-state index contributed by atoms with van der Waals surface area (Å²) in [5.41, 5.74) is 1.08. The fourth-order valence-corrected chi connectivity index (χ4v) is 3.19. The van der Waals surface area contributed by atoms with Gasteiger partial charge >= 0.3 is 0 Å². The molecule has 1 saturated carbocycles. The van der Waals surface area contributed by atoms with Crippen molar-refractivity contribution in [2.75, 3.05) is 13.1 Å². The second-order valence-corrected chi connectivity index (χ2v) is 6.96. The molecule has 24 heavy (non-hydrogen) atoms. The van der Waals surface area contributed by atoms with Crippen molar-refractivity contribution in [1.82, 2.24) is 19.6 Å². The number of hydrogen-bond acceptors (Lipinski definition) is 3. The van der Waals surface area contributed by atoms with Crippen LogP contribution in [-0.4, -0.2) is 45.2 Å². The molecule has 0 atom stereocenters. The third-order valence-corrected chi connectivity index (χ3v) is 4.94. The summed E-state index contributed by atoms with van der Waals surface area (Å²) in [4.78, 5) is 31.6. The maximum absolute atomic E-state index is 12.9. The number of rotatable bonds is 3. The van der Waals surface area contributed by atoms with Crippen molar-refractivity contribution in [3.05, 3.63) is 35.9 Å². The maximum atomic E-state index is 12.9. The van der Waals surface area contributed by atoms with Gasteiger partial charge in [0.25, 0.3) is 11.8 Å². The molecule has 0 radical (unpaired) electrons. The average Bonchev–Trinajstić information content (AvgIpc) is 3.32. The number of imidazole rings is 1. The Labute approximate surface area is 140 Å². The van der Waals surface area contributed by atoms with Crippen molar-refractivity contribution in [1.29, 1.82) is 0 Å². The number of carbonyl (C=O) groups excluding carboxylic acids is 2. The summed E-state index contributed by atoms with van der Waals surface area (Å²) in [5.74, 6) is 0.681. The van der Waals surface area contributed by atoms with E-state index in [9.17, 15) is 9.59 Å². The summed E-state index contributed by atoms with van der Waals surface area (Å²) in [5, 5.41) is 2.95. The molecule has 0 aromatic carbocycles. The van der Waals surface area contributed by atoms with E-state index in [4.69, 9.17) is 0 Å². The van der Waals surface area contributed by atoms with E-state index < -0.39 is 0 Å². The normalized spacial score (nSPS) is 18.8. The zero-order valence-electron chi connectivity index (χ0n) is 13.9. The highest BCUT2D eigenvalue weighted by Crippen LogP contribution is 2.22. The van der Waals surface area contributed by atoms with Crippen molar-refractivity contribution in [2.24, 2.45) is 5.92 Å². The summed E-state index contributed by atoms with van der Waals surface area (Å²) in [6.07, 6.45) is 5.87. The summed E-state index contributed by atoms with van der Waals surface area (Å²) in [6, 6.07) is 5.82. The standard InChI is InChI=1S/C18H22N4O2/c1-12-7-10-21(11-8-12)18(24)15-14-4-2-3-9-22(14)16(20-15)17(23)19-13-5-6-13/h2-4,9,12-13H,5-8,10-11H2,1H3,(H,19,23). The van der Waals surface area contributed by atoms with E-state index in [2.05, 4.69) is 17.2 Å². The van der Waals surface area contributed by atoms with Crippen LogP contribution in [0, 0.1) is 5.92 Å². The summed E-state index contributed by atoms with van der Waals surface area (Å²) < 4.78 is 1.72. The minimum absolute atomic E-state index is 0.0731. The van der Waals surface area contributed by atoms with Crippen LogP contribution in [0.25, 0.3) is 5.52 Å². The number of pyridine rings is 1. The lowest BCUT2D eigenvalue weighted by Crippen LogP contribution is -2.38. The maximum Gasteiger partial charge on any atom is 0.287 e. The van der Waals surface area contributed by atoms with E-state index >= 15 is 0 Å². The Bertz CT molecular complexity index is 785. The van der Waals surface area contributed by atoms with E-state index in [0.29, 0.717) is 23.0 Å². The molecule has 3 heterocycles. The van der Waals surface area contributed by atoms with E-state index in [1.807, 2.05) is 23.1 Å². The average molecular weight is 326 g/mol. The molecule has 126 valence electrons. The Morgan fingerprint density at radius 2 is 1.92 bits per heavy atom. The predicted octanol–water partition coefficient (Wildman–Crippen LogP) is 2.10. The van der Waals surface area contributed by atoms with Crippen LogP contribution in [0.4, 0.5) is 0 Å². The third kappa shape index (κ3) is 2.77. The molecular formula is C18H22N4O2. The number of nitrogens with zero attached hydrogens (tertiary/aromatic N) is 3. The molecule has 6 nitrogen and oxygen atoms in total. The molecule has 6 heteroatoms. The minimum Gasteiger partial charge on any atom is -0.347 e. The van der Waals surface area contributed by atoms with Crippen molar-refractivity contribution >= 4 is 17.3 Å². The first kappa shape index (κ1) is 15.2. The Balaban J connectivity index is 1.67. The molecule has 1 saturated heterocycles. The molecule has 2 aromatic heterocycles. The quantitative estimate of drug-likeness (QED) is 0.939. The number of fused-ring (bicyclic) bond motifs is 1. The van der Waals surface area contributed by atoms with Gasteiger partial charge in [-0.2, -0.15) is 0 Å². The Morgan fingerprint density at radius 3 is 2.62 bits per heavy atom. The van der Waals surface area contributed by atoms with Gasteiger partial charge < -0.3 is 10.2 Å².